The number of halogens is 2. The second-order valence-corrected chi connectivity index (χ2v) is 18.9. The highest BCUT2D eigenvalue weighted by atomic mass is 32.2. The maximum absolute atomic E-state index is 14.6. The topological polar surface area (TPSA) is 173 Å². The number of ether oxygens (including phenoxy) is 2. The largest absolute Gasteiger partial charge is 0.483 e. The first-order chi connectivity index (χ1) is 26.0. The van der Waals surface area contributed by atoms with Crippen molar-refractivity contribution in [1.29, 1.82) is 0 Å². The molecule has 2 aliphatic carbocycles. The summed E-state index contributed by atoms with van der Waals surface area (Å²) in [5, 5.41) is 6.01. The summed E-state index contributed by atoms with van der Waals surface area (Å²) >= 11 is 0. The zero-order valence-electron chi connectivity index (χ0n) is 31.6. The van der Waals surface area contributed by atoms with Crippen molar-refractivity contribution in [2.75, 3.05) is 13.2 Å². The van der Waals surface area contributed by atoms with Gasteiger partial charge in [-0.1, -0.05) is 38.8 Å². The zero-order chi connectivity index (χ0) is 39.5. The Morgan fingerprint density at radius 3 is 2.58 bits per heavy atom. The predicted octanol–water partition coefficient (Wildman–Crippen LogP) is 4.63. The first-order valence-corrected chi connectivity index (χ1v) is 20.7. The van der Waals surface area contributed by atoms with Crippen molar-refractivity contribution in [2.24, 2.45) is 11.8 Å². The van der Waals surface area contributed by atoms with Crippen LogP contribution in [0, 0.1) is 30.4 Å². The van der Waals surface area contributed by atoms with E-state index in [4.69, 9.17) is 9.47 Å². The van der Waals surface area contributed by atoms with Gasteiger partial charge in [0.15, 0.2) is 11.6 Å². The van der Waals surface area contributed by atoms with E-state index in [0.29, 0.717) is 60.9 Å². The molecule has 298 valence electrons. The zero-order valence-corrected chi connectivity index (χ0v) is 32.5. The number of fused-ring (bicyclic) bond motifs is 5. The monoisotopic (exact) mass is 785 g/mol. The van der Waals surface area contributed by atoms with E-state index >= 15 is 0 Å². The van der Waals surface area contributed by atoms with E-state index in [2.05, 4.69) is 20.3 Å². The highest BCUT2D eigenvalue weighted by molar-refractivity contribution is 7.91. The van der Waals surface area contributed by atoms with Crippen LogP contribution in [-0.2, 0) is 35.6 Å². The summed E-state index contributed by atoms with van der Waals surface area (Å²) in [6.45, 7) is 7.12. The Morgan fingerprint density at radius 2 is 1.85 bits per heavy atom. The number of amides is 4. The van der Waals surface area contributed by atoms with Gasteiger partial charge in [0, 0.05) is 29.4 Å². The number of pyridine rings is 1. The number of benzene rings is 1. The Hall–Kier alpha value is -4.34. The van der Waals surface area contributed by atoms with Gasteiger partial charge in [-0.25, -0.2) is 27.0 Å². The molecule has 5 aliphatic rings. The van der Waals surface area contributed by atoms with Crippen molar-refractivity contribution in [3.8, 4) is 5.75 Å². The van der Waals surface area contributed by atoms with Gasteiger partial charge < -0.3 is 25.0 Å². The number of sulfonamides is 1. The van der Waals surface area contributed by atoms with E-state index in [1.165, 1.54) is 4.90 Å². The molecule has 3 N–H and O–H groups in total. The predicted molar refractivity (Wildman–Crippen MR) is 197 cm³/mol. The number of alkyl carbamates (subject to hydrolysis) is 1. The number of aromatic nitrogens is 1. The van der Waals surface area contributed by atoms with Crippen molar-refractivity contribution in [3.05, 3.63) is 47.2 Å². The quantitative estimate of drug-likeness (QED) is 0.353. The Bertz CT molecular complexity index is 2070. The van der Waals surface area contributed by atoms with E-state index in [-0.39, 0.29) is 43.8 Å². The molecule has 13 nitrogen and oxygen atoms in total. The van der Waals surface area contributed by atoms with Gasteiger partial charge >= 0.3 is 6.09 Å². The van der Waals surface area contributed by atoms with Crippen LogP contribution in [0.15, 0.2) is 24.3 Å². The van der Waals surface area contributed by atoms with Gasteiger partial charge in [-0.2, -0.15) is 0 Å². The number of nitrogens with one attached hydrogen (secondary N) is 3. The third kappa shape index (κ3) is 7.50. The highest BCUT2D eigenvalue weighted by Crippen LogP contribution is 2.49. The van der Waals surface area contributed by atoms with Crippen LogP contribution in [0.3, 0.4) is 0 Å². The van der Waals surface area contributed by atoms with Gasteiger partial charge in [-0.15, -0.1) is 0 Å². The lowest BCUT2D eigenvalue weighted by molar-refractivity contribution is -0.141. The summed E-state index contributed by atoms with van der Waals surface area (Å²) in [7, 11) is -4.02. The summed E-state index contributed by atoms with van der Waals surface area (Å²) in [6, 6.07) is -0.0827. The molecular formula is C39H49F2N5O8S. The molecule has 7 rings (SSSR count). The Kier molecular flexibility index (Phi) is 10.1. The Labute approximate surface area is 319 Å². The molecule has 2 aromatic rings. The molecule has 1 aromatic carbocycles. The molecule has 3 aliphatic heterocycles. The van der Waals surface area contributed by atoms with Crippen LogP contribution in [0.4, 0.5) is 13.6 Å². The minimum absolute atomic E-state index is 0.00163. The molecular weight excluding hydrogens is 737 g/mol. The molecule has 3 fully saturated rings. The number of aryl methyl sites for hydroxylation is 2. The molecule has 1 saturated heterocycles. The first kappa shape index (κ1) is 38.9. The summed E-state index contributed by atoms with van der Waals surface area (Å²) < 4.78 is 68.2. The fraction of sp³-hybridized carbons (Fsp3) is 0.615. The molecule has 5 atom stereocenters. The van der Waals surface area contributed by atoms with Crippen LogP contribution in [0.5, 0.6) is 5.75 Å². The first-order valence-electron chi connectivity index (χ1n) is 19.2. The number of hydrogen-bond acceptors (Lipinski definition) is 9. The Morgan fingerprint density at radius 1 is 1.11 bits per heavy atom. The van der Waals surface area contributed by atoms with Crippen molar-refractivity contribution in [3.63, 3.8) is 0 Å². The van der Waals surface area contributed by atoms with Crippen molar-refractivity contribution >= 4 is 44.7 Å². The SMILES string of the molecule is Cc1nc2cc(F)c(F)cc2c2c1O[C@]1(CC2)C[C@H]2C(=O)NC3(C(=O)NS(=O)(=O)C4(C)CC4)C[C@H]3/C=C\CCCCC[C@H](NC(=O)OCC(C)C)C(=O)N2C1. The van der Waals surface area contributed by atoms with Crippen molar-refractivity contribution in [2.45, 2.75) is 126 Å². The van der Waals surface area contributed by atoms with Crippen molar-refractivity contribution < 1.29 is 45.9 Å². The molecule has 0 bridgehead atoms. The van der Waals surface area contributed by atoms with Crippen LogP contribution in [-0.4, -0.2) is 83.2 Å². The highest BCUT2D eigenvalue weighted by Gasteiger charge is 2.64. The van der Waals surface area contributed by atoms with Gasteiger partial charge in [0.05, 0.1) is 29.1 Å². The average molecular weight is 786 g/mol. The maximum atomic E-state index is 14.6. The standard InChI is InChI=1S/C39H49F2N5O8S/c1-22(2)20-53-36(50)43-29-11-9-7-5-6-8-10-24-18-39(24,35(49)45-55(51,52)37(4)14-15-37)44-33(47)31-19-38(21-46(31)34(29)48)13-12-25-26-16-27(40)28(41)17-30(26)42-23(3)32(25)54-38/h8,10,16-17,22,24,29,31H,5-7,9,11-15,18-21H2,1-4H3,(H,43,50)(H,44,47)(H,45,49)/b10-8-/t24-,29+,31+,38-,39?/m1/s1. The van der Waals surface area contributed by atoms with E-state index in [9.17, 15) is 36.4 Å². The van der Waals surface area contributed by atoms with Gasteiger partial charge in [-0.05, 0) is 77.2 Å². The second-order valence-electron chi connectivity index (χ2n) is 16.7. The molecule has 2 saturated carbocycles. The summed E-state index contributed by atoms with van der Waals surface area (Å²) in [6.07, 6.45) is 7.70. The van der Waals surface area contributed by atoms with Gasteiger partial charge in [0.25, 0.3) is 5.91 Å². The number of carbonyl (C=O) groups excluding carboxylic acids is 4. The molecule has 4 heterocycles. The van der Waals surface area contributed by atoms with Crippen LogP contribution < -0.4 is 20.1 Å². The van der Waals surface area contributed by atoms with E-state index < -0.39 is 79.4 Å². The molecule has 16 heteroatoms. The lowest BCUT2D eigenvalue weighted by atomic mass is 9.87. The van der Waals surface area contributed by atoms with Gasteiger partial charge in [0.2, 0.25) is 21.8 Å². The molecule has 1 unspecified atom stereocenters. The van der Waals surface area contributed by atoms with Crippen LogP contribution in [0.1, 0.15) is 96.2 Å². The fourth-order valence-corrected chi connectivity index (χ4v) is 9.43. The third-order valence-corrected chi connectivity index (χ3v) is 14.0. The number of carbonyl (C=O) groups is 4. The summed E-state index contributed by atoms with van der Waals surface area (Å²) in [5.41, 5.74) is -1.36. The molecule has 4 amide bonds. The lowest BCUT2D eigenvalue weighted by Crippen LogP contribution is -2.58. The number of hydrogen-bond donors (Lipinski definition) is 3. The average Bonchev–Trinajstić information content (AvgIpc) is 4.02. The minimum Gasteiger partial charge on any atom is -0.483 e. The molecule has 1 aromatic heterocycles. The molecule has 0 radical (unpaired) electrons. The second kappa shape index (κ2) is 14.3. The number of rotatable bonds is 6. The maximum Gasteiger partial charge on any atom is 0.407 e. The normalized spacial score (nSPS) is 29.5. The van der Waals surface area contributed by atoms with Crippen LogP contribution in [0.2, 0.25) is 0 Å². The van der Waals surface area contributed by atoms with Crippen LogP contribution >= 0.6 is 0 Å². The number of allylic oxidation sites excluding steroid dienone is 1. The fourth-order valence-electron chi connectivity index (χ4n) is 8.11. The Balaban J connectivity index is 1.23. The smallest absolute Gasteiger partial charge is 0.407 e. The third-order valence-electron chi connectivity index (χ3n) is 11.9. The van der Waals surface area contributed by atoms with E-state index in [0.717, 1.165) is 25.0 Å². The number of nitrogens with zero attached hydrogens (tertiary/aromatic N) is 2. The van der Waals surface area contributed by atoms with Gasteiger partial charge in [0.1, 0.15) is 29.0 Å². The minimum atomic E-state index is -4.02. The van der Waals surface area contributed by atoms with Crippen LogP contribution in [0.25, 0.3) is 10.9 Å². The molecule has 1 spiro atoms. The van der Waals surface area contributed by atoms with E-state index in [1.54, 1.807) is 13.8 Å². The summed E-state index contributed by atoms with van der Waals surface area (Å²) in [4.78, 5) is 61.9. The lowest BCUT2D eigenvalue weighted by Gasteiger charge is -2.36. The van der Waals surface area contributed by atoms with Crippen molar-refractivity contribution in [1.82, 2.24) is 25.2 Å². The van der Waals surface area contributed by atoms with Gasteiger partial charge in [-0.3, -0.25) is 19.1 Å². The molecule has 55 heavy (non-hydrogen) atoms. The van der Waals surface area contributed by atoms with E-state index in [1.807, 2.05) is 26.0 Å². The summed E-state index contributed by atoms with van der Waals surface area (Å²) in [5.74, 6) is -4.12.